The molecule has 0 amide bonds. The van der Waals surface area contributed by atoms with Crippen LogP contribution >= 0.6 is 0 Å². The Morgan fingerprint density at radius 2 is 2.21 bits per heavy atom. The lowest BCUT2D eigenvalue weighted by atomic mass is 10.1. The summed E-state index contributed by atoms with van der Waals surface area (Å²) < 4.78 is 0. The third-order valence-corrected chi connectivity index (χ3v) is 3.50. The first-order chi connectivity index (χ1) is 9.13. The molecular formula is C12H18N4O3. The SMILES string of the molecule is CNc1cc([N+](=O)[O-])cc(NC2CCCC2CO)n1. The predicted molar refractivity (Wildman–Crippen MR) is 72.3 cm³/mol. The van der Waals surface area contributed by atoms with E-state index in [4.69, 9.17) is 0 Å². The first kappa shape index (κ1) is 13.5. The van der Waals surface area contributed by atoms with Crippen LogP contribution in [0.1, 0.15) is 19.3 Å². The number of pyridine rings is 1. The van der Waals surface area contributed by atoms with Crippen LogP contribution in [0.15, 0.2) is 12.1 Å². The van der Waals surface area contributed by atoms with Crippen molar-refractivity contribution in [3.8, 4) is 0 Å². The lowest BCUT2D eigenvalue weighted by Crippen LogP contribution is -2.26. The molecule has 3 N–H and O–H groups in total. The summed E-state index contributed by atoms with van der Waals surface area (Å²) in [5.41, 5.74) is 0.000366. The van der Waals surface area contributed by atoms with Gasteiger partial charge in [-0.3, -0.25) is 10.1 Å². The Hall–Kier alpha value is -1.89. The number of nitro groups is 1. The molecule has 1 aliphatic rings. The van der Waals surface area contributed by atoms with Crippen molar-refractivity contribution in [3.63, 3.8) is 0 Å². The van der Waals surface area contributed by atoms with Gasteiger partial charge < -0.3 is 15.7 Å². The van der Waals surface area contributed by atoms with Crippen molar-refractivity contribution in [1.29, 1.82) is 0 Å². The van der Waals surface area contributed by atoms with Gasteiger partial charge in [-0.2, -0.15) is 0 Å². The molecular weight excluding hydrogens is 248 g/mol. The average molecular weight is 266 g/mol. The van der Waals surface area contributed by atoms with Crippen LogP contribution in [-0.4, -0.2) is 34.7 Å². The zero-order chi connectivity index (χ0) is 13.8. The third-order valence-electron chi connectivity index (χ3n) is 3.50. The van der Waals surface area contributed by atoms with Crippen LogP contribution in [0.2, 0.25) is 0 Å². The van der Waals surface area contributed by atoms with Crippen molar-refractivity contribution in [1.82, 2.24) is 4.98 Å². The van der Waals surface area contributed by atoms with Gasteiger partial charge in [0.2, 0.25) is 0 Å². The topological polar surface area (TPSA) is 100 Å². The highest BCUT2D eigenvalue weighted by atomic mass is 16.6. The molecule has 2 rings (SSSR count). The van der Waals surface area contributed by atoms with E-state index in [1.807, 2.05) is 0 Å². The number of hydrogen-bond acceptors (Lipinski definition) is 6. The number of aliphatic hydroxyl groups is 1. The van der Waals surface area contributed by atoms with Gasteiger partial charge in [0.1, 0.15) is 11.6 Å². The second kappa shape index (κ2) is 5.83. The van der Waals surface area contributed by atoms with Crippen LogP contribution in [0.4, 0.5) is 17.3 Å². The normalized spacial score (nSPS) is 22.2. The summed E-state index contributed by atoms with van der Waals surface area (Å²) in [7, 11) is 1.67. The monoisotopic (exact) mass is 266 g/mol. The number of aromatic nitrogens is 1. The van der Waals surface area contributed by atoms with Crippen molar-refractivity contribution in [2.75, 3.05) is 24.3 Å². The van der Waals surface area contributed by atoms with Gasteiger partial charge in [0.15, 0.2) is 0 Å². The summed E-state index contributed by atoms with van der Waals surface area (Å²) in [4.78, 5) is 14.7. The molecule has 0 saturated heterocycles. The molecule has 1 aromatic heterocycles. The maximum Gasteiger partial charge on any atom is 0.276 e. The van der Waals surface area contributed by atoms with Gasteiger partial charge >= 0.3 is 0 Å². The number of nitrogens with one attached hydrogen (secondary N) is 2. The van der Waals surface area contributed by atoms with Gasteiger partial charge in [-0.25, -0.2) is 4.98 Å². The number of hydrogen-bond donors (Lipinski definition) is 3. The van der Waals surface area contributed by atoms with E-state index in [0.29, 0.717) is 11.6 Å². The quantitative estimate of drug-likeness (QED) is 0.553. The van der Waals surface area contributed by atoms with E-state index in [-0.39, 0.29) is 24.3 Å². The standard InChI is InChI=1S/C12H18N4O3/c1-13-11-5-9(16(18)19)6-12(15-11)14-10-4-2-3-8(10)7-17/h5-6,8,10,17H,2-4,7H2,1H3,(H2,13,14,15). The maximum absolute atomic E-state index is 10.9. The molecule has 0 spiro atoms. The lowest BCUT2D eigenvalue weighted by molar-refractivity contribution is -0.384. The van der Waals surface area contributed by atoms with Crippen molar-refractivity contribution in [2.24, 2.45) is 5.92 Å². The van der Waals surface area contributed by atoms with Gasteiger partial charge in [-0.1, -0.05) is 6.42 Å². The molecule has 7 nitrogen and oxygen atoms in total. The summed E-state index contributed by atoms with van der Waals surface area (Å²) in [6.45, 7) is 0.130. The Balaban J connectivity index is 2.19. The molecule has 104 valence electrons. The fourth-order valence-electron chi connectivity index (χ4n) is 2.46. The molecule has 1 fully saturated rings. The fourth-order valence-corrected chi connectivity index (χ4v) is 2.46. The zero-order valence-electron chi connectivity index (χ0n) is 10.8. The number of rotatable bonds is 5. The molecule has 1 aromatic rings. The van der Waals surface area contributed by atoms with Crippen LogP contribution in [0.5, 0.6) is 0 Å². The largest absolute Gasteiger partial charge is 0.396 e. The molecule has 2 unspecified atom stereocenters. The van der Waals surface area contributed by atoms with Gasteiger partial charge in [0.25, 0.3) is 5.69 Å². The molecule has 0 bridgehead atoms. The Kier molecular flexibility index (Phi) is 4.16. The summed E-state index contributed by atoms with van der Waals surface area (Å²) in [6.07, 6.45) is 2.98. The molecule has 19 heavy (non-hydrogen) atoms. The van der Waals surface area contributed by atoms with E-state index in [2.05, 4.69) is 15.6 Å². The lowest BCUT2D eigenvalue weighted by Gasteiger charge is -2.19. The van der Waals surface area contributed by atoms with Crippen LogP contribution in [-0.2, 0) is 0 Å². The van der Waals surface area contributed by atoms with Crippen LogP contribution in [0.25, 0.3) is 0 Å². The van der Waals surface area contributed by atoms with Crippen molar-refractivity contribution in [3.05, 3.63) is 22.2 Å². The minimum atomic E-state index is -0.439. The molecule has 0 aliphatic heterocycles. The average Bonchev–Trinajstić information content (AvgIpc) is 2.85. The summed E-state index contributed by atoms with van der Waals surface area (Å²) in [5, 5.41) is 26.1. The third kappa shape index (κ3) is 3.11. The van der Waals surface area contributed by atoms with E-state index in [9.17, 15) is 15.2 Å². The minimum absolute atomic E-state index is 0.000366. The van der Waals surface area contributed by atoms with E-state index >= 15 is 0 Å². The summed E-state index contributed by atoms with van der Waals surface area (Å²) in [6, 6.07) is 2.95. The molecule has 1 saturated carbocycles. The second-order valence-electron chi connectivity index (χ2n) is 4.73. The molecule has 1 aliphatic carbocycles. The van der Waals surface area contributed by atoms with Gasteiger partial charge in [-0.05, 0) is 12.8 Å². The number of aliphatic hydroxyl groups excluding tert-OH is 1. The highest BCUT2D eigenvalue weighted by Crippen LogP contribution is 2.29. The summed E-state index contributed by atoms with van der Waals surface area (Å²) >= 11 is 0. The highest BCUT2D eigenvalue weighted by Gasteiger charge is 2.27. The van der Waals surface area contributed by atoms with E-state index in [1.54, 1.807) is 7.05 Å². The van der Waals surface area contributed by atoms with Crippen LogP contribution in [0, 0.1) is 16.0 Å². The Bertz CT molecular complexity index is 466. The molecule has 1 heterocycles. The molecule has 0 aromatic carbocycles. The fraction of sp³-hybridized carbons (Fsp3) is 0.583. The summed E-state index contributed by atoms with van der Waals surface area (Å²) in [5.74, 6) is 1.12. The predicted octanol–water partition coefficient (Wildman–Crippen LogP) is 1.60. The first-order valence-corrected chi connectivity index (χ1v) is 6.35. The molecule has 2 atom stereocenters. The second-order valence-corrected chi connectivity index (χ2v) is 4.73. The minimum Gasteiger partial charge on any atom is -0.396 e. The smallest absolute Gasteiger partial charge is 0.276 e. The number of anilines is 2. The molecule has 0 radical (unpaired) electrons. The Morgan fingerprint density at radius 3 is 2.84 bits per heavy atom. The van der Waals surface area contributed by atoms with Gasteiger partial charge in [0.05, 0.1) is 17.1 Å². The Labute approximate surface area is 111 Å². The van der Waals surface area contributed by atoms with E-state index in [0.717, 1.165) is 19.3 Å². The highest BCUT2D eigenvalue weighted by molar-refractivity contribution is 5.54. The van der Waals surface area contributed by atoms with E-state index in [1.165, 1.54) is 12.1 Å². The number of nitrogens with zero attached hydrogens (tertiary/aromatic N) is 2. The molecule has 7 heteroatoms. The first-order valence-electron chi connectivity index (χ1n) is 6.35. The van der Waals surface area contributed by atoms with Crippen molar-refractivity contribution >= 4 is 17.3 Å². The van der Waals surface area contributed by atoms with E-state index < -0.39 is 4.92 Å². The van der Waals surface area contributed by atoms with Gasteiger partial charge in [0, 0.05) is 25.6 Å². The maximum atomic E-state index is 10.9. The Morgan fingerprint density at radius 1 is 1.47 bits per heavy atom. The van der Waals surface area contributed by atoms with Crippen LogP contribution < -0.4 is 10.6 Å². The van der Waals surface area contributed by atoms with Crippen LogP contribution in [0.3, 0.4) is 0 Å². The van der Waals surface area contributed by atoms with Crippen molar-refractivity contribution < 1.29 is 10.0 Å². The zero-order valence-corrected chi connectivity index (χ0v) is 10.8. The van der Waals surface area contributed by atoms with Gasteiger partial charge in [-0.15, -0.1) is 0 Å². The van der Waals surface area contributed by atoms with Crippen molar-refractivity contribution in [2.45, 2.75) is 25.3 Å².